The van der Waals surface area contributed by atoms with Crippen molar-refractivity contribution < 1.29 is 28.5 Å². The topological polar surface area (TPSA) is 83.1 Å². The number of rotatable bonds is 8. The number of carbonyl (C=O) groups excluding carboxylic acids is 1. The average molecular weight is 289 g/mol. The van der Waals surface area contributed by atoms with Crippen LogP contribution in [-0.4, -0.2) is 18.9 Å². The summed E-state index contributed by atoms with van der Waals surface area (Å²) in [5, 5.41) is 2.39. The molecule has 106 valence electrons. The largest absolute Gasteiger partial charge is 0.471 e. The van der Waals surface area contributed by atoms with Crippen LogP contribution in [-0.2, 0) is 23.7 Å². The second-order valence-electron chi connectivity index (χ2n) is 3.26. The molecular weight excluding hydrogens is 273 g/mol. The number of para-hydroxylation sites is 1. The molecule has 0 saturated heterocycles. The van der Waals surface area contributed by atoms with E-state index in [-0.39, 0.29) is 13.2 Å². The molecule has 0 spiro atoms. The van der Waals surface area contributed by atoms with Gasteiger partial charge < -0.3 is 5.32 Å². The Bertz CT molecular complexity index is 426. The van der Waals surface area contributed by atoms with Crippen LogP contribution in [0.15, 0.2) is 30.3 Å². The minimum Gasteiger partial charge on any atom is -0.315 e. The number of amides is 1. The molecule has 0 aliphatic carbocycles. The summed E-state index contributed by atoms with van der Waals surface area (Å²) in [6.07, 6.45) is 0. The molecule has 0 heterocycles. The third-order valence-electron chi connectivity index (χ3n) is 1.81. The third kappa shape index (κ3) is 5.10. The molecule has 0 atom stereocenters. The van der Waals surface area contributed by atoms with Gasteiger partial charge in [0.05, 0.1) is 13.2 Å². The van der Waals surface area contributed by atoms with E-state index < -0.39 is 13.2 Å². The van der Waals surface area contributed by atoms with Crippen LogP contribution in [0.3, 0.4) is 0 Å². The van der Waals surface area contributed by atoms with Gasteiger partial charge in [-0.2, -0.15) is 0 Å². The molecule has 0 aliphatic rings. The van der Waals surface area contributed by atoms with Crippen LogP contribution < -0.4 is 5.32 Å². The van der Waals surface area contributed by atoms with Gasteiger partial charge in [0, 0.05) is 5.69 Å². The summed E-state index contributed by atoms with van der Waals surface area (Å²) in [5.74, 6) is 0. The summed E-state index contributed by atoms with van der Waals surface area (Å²) in [6, 6.07) is 8.47. The Morgan fingerprint density at radius 3 is 2.11 bits per heavy atom. The van der Waals surface area contributed by atoms with E-state index in [0.29, 0.717) is 5.69 Å². The standard InChI is InChI=1S/C11H16NO6P/c1-3-15-17-19(14,18-16-4-2)11(13)12-10-8-6-5-7-9-10/h5-9H,3-4H2,1-2H3,(H,12,13). The molecule has 0 radical (unpaired) electrons. The van der Waals surface area contributed by atoms with E-state index in [0.717, 1.165) is 0 Å². The van der Waals surface area contributed by atoms with Crippen molar-refractivity contribution in [1.29, 1.82) is 0 Å². The number of benzene rings is 1. The molecule has 1 amide bonds. The van der Waals surface area contributed by atoms with Crippen molar-refractivity contribution in [2.24, 2.45) is 0 Å². The van der Waals surface area contributed by atoms with Gasteiger partial charge >= 0.3 is 13.2 Å². The highest BCUT2D eigenvalue weighted by molar-refractivity contribution is 7.72. The number of hydrogen-bond acceptors (Lipinski definition) is 6. The lowest BCUT2D eigenvalue weighted by Crippen LogP contribution is -2.14. The Morgan fingerprint density at radius 2 is 1.63 bits per heavy atom. The van der Waals surface area contributed by atoms with Crippen molar-refractivity contribution in [2.75, 3.05) is 18.5 Å². The van der Waals surface area contributed by atoms with Gasteiger partial charge in [-0.3, -0.25) is 4.79 Å². The zero-order valence-electron chi connectivity index (χ0n) is 10.7. The molecule has 1 rings (SSSR count). The lowest BCUT2D eigenvalue weighted by molar-refractivity contribution is -0.259. The minimum absolute atomic E-state index is 0.109. The van der Waals surface area contributed by atoms with Crippen molar-refractivity contribution in [3.63, 3.8) is 0 Å². The minimum atomic E-state index is -4.20. The summed E-state index contributed by atoms with van der Waals surface area (Å²) >= 11 is 0. The molecule has 0 fully saturated rings. The average Bonchev–Trinajstić information content (AvgIpc) is 2.44. The molecule has 1 aromatic rings. The number of nitrogens with one attached hydrogen (secondary N) is 1. The van der Waals surface area contributed by atoms with Crippen LogP contribution in [0.5, 0.6) is 0 Å². The fraction of sp³-hybridized carbons (Fsp3) is 0.364. The maximum Gasteiger partial charge on any atom is 0.471 e. The molecule has 0 bridgehead atoms. The predicted octanol–water partition coefficient (Wildman–Crippen LogP) is 3.35. The lowest BCUT2D eigenvalue weighted by Gasteiger charge is -2.14. The first-order valence-corrected chi connectivity index (χ1v) is 7.25. The zero-order valence-corrected chi connectivity index (χ0v) is 11.6. The first kappa shape index (κ1) is 15.8. The van der Waals surface area contributed by atoms with Crippen LogP contribution in [0.25, 0.3) is 0 Å². The van der Waals surface area contributed by atoms with Crippen LogP contribution in [0.4, 0.5) is 10.5 Å². The molecule has 8 heteroatoms. The fourth-order valence-corrected chi connectivity index (χ4v) is 1.95. The number of hydrogen-bond donors (Lipinski definition) is 1. The molecule has 0 unspecified atom stereocenters. The quantitative estimate of drug-likeness (QED) is 0.449. The van der Waals surface area contributed by atoms with Crippen molar-refractivity contribution in [3.8, 4) is 0 Å². The van der Waals surface area contributed by atoms with Gasteiger partial charge in [-0.15, -0.1) is 9.35 Å². The van der Waals surface area contributed by atoms with Crippen molar-refractivity contribution in [2.45, 2.75) is 13.8 Å². The first-order chi connectivity index (χ1) is 9.12. The van der Waals surface area contributed by atoms with Gasteiger partial charge in [0.25, 0.3) is 0 Å². The molecule has 0 aromatic heterocycles. The highest BCUT2D eigenvalue weighted by Gasteiger charge is 2.38. The molecule has 1 N–H and O–H groups in total. The summed E-state index contributed by atoms with van der Waals surface area (Å²) in [7, 11) is -4.20. The van der Waals surface area contributed by atoms with E-state index in [4.69, 9.17) is 0 Å². The summed E-state index contributed by atoms with van der Waals surface area (Å²) < 4.78 is 21.2. The second-order valence-corrected chi connectivity index (χ2v) is 4.96. The Morgan fingerprint density at radius 1 is 1.11 bits per heavy atom. The number of anilines is 1. The Hall–Kier alpha value is -1.24. The van der Waals surface area contributed by atoms with E-state index in [1.165, 1.54) is 0 Å². The third-order valence-corrected chi connectivity index (χ3v) is 3.02. The highest BCUT2D eigenvalue weighted by Crippen LogP contribution is 2.50. The van der Waals surface area contributed by atoms with Crippen LogP contribution in [0.2, 0.25) is 0 Å². The van der Waals surface area contributed by atoms with Crippen LogP contribution >= 0.6 is 7.60 Å². The molecule has 7 nitrogen and oxygen atoms in total. The molecular formula is C11H16NO6P. The van der Waals surface area contributed by atoms with Crippen LogP contribution in [0.1, 0.15) is 13.8 Å². The van der Waals surface area contributed by atoms with Crippen molar-refractivity contribution in [1.82, 2.24) is 0 Å². The maximum atomic E-state index is 12.1. The van der Waals surface area contributed by atoms with Crippen molar-refractivity contribution >= 4 is 18.9 Å². The Kier molecular flexibility index (Phi) is 6.69. The molecule has 0 saturated carbocycles. The Balaban J connectivity index is 2.73. The van der Waals surface area contributed by atoms with E-state index in [2.05, 4.69) is 24.4 Å². The highest BCUT2D eigenvalue weighted by atomic mass is 31.2. The van der Waals surface area contributed by atoms with Crippen LogP contribution in [0, 0.1) is 0 Å². The lowest BCUT2D eigenvalue weighted by atomic mass is 10.3. The van der Waals surface area contributed by atoms with E-state index >= 15 is 0 Å². The fourth-order valence-electron chi connectivity index (χ4n) is 1.04. The molecule has 1 aromatic carbocycles. The Labute approximate surface area is 111 Å². The normalized spacial score (nSPS) is 11.3. The smallest absolute Gasteiger partial charge is 0.315 e. The SMILES string of the molecule is CCOOP(=O)(OOCC)C(=O)Nc1ccccc1. The van der Waals surface area contributed by atoms with Gasteiger partial charge in [-0.05, 0) is 26.0 Å². The zero-order chi connectivity index (χ0) is 14.1. The monoisotopic (exact) mass is 289 g/mol. The van der Waals surface area contributed by atoms with E-state index in [1.807, 2.05) is 0 Å². The number of carbonyl (C=O) groups is 1. The summed E-state index contributed by atoms with van der Waals surface area (Å²) in [6.45, 7) is 3.44. The predicted molar refractivity (Wildman–Crippen MR) is 68.5 cm³/mol. The molecule has 19 heavy (non-hydrogen) atoms. The van der Waals surface area contributed by atoms with Gasteiger partial charge in [0.15, 0.2) is 0 Å². The van der Waals surface area contributed by atoms with Gasteiger partial charge in [-0.1, -0.05) is 18.2 Å². The van der Waals surface area contributed by atoms with E-state index in [9.17, 15) is 9.36 Å². The summed E-state index contributed by atoms with van der Waals surface area (Å²) in [5.41, 5.74) is -0.520. The molecule has 0 aliphatic heterocycles. The van der Waals surface area contributed by atoms with Gasteiger partial charge in [0.1, 0.15) is 0 Å². The van der Waals surface area contributed by atoms with Gasteiger partial charge in [0.2, 0.25) is 0 Å². The second kappa shape index (κ2) is 8.04. The van der Waals surface area contributed by atoms with E-state index in [1.54, 1.807) is 44.2 Å². The first-order valence-electron chi connectivity index (χ1n) is 5.71. The van der Waals surface area contributed by atoms with Crippen molar-refractivity contribution in [3.05, 3.63) is 30.3 Å². The maximum absolute atomic E-state index is 12.1. The summed E-state index contributed by atoms with van der Waals surface area (Å²) in [4.78, 5) is 20.9. The van der Waals surface area contributed by atoms with Gasteiger partial charge in [-0.25, -0.2) is 14.3 Å².